The molecule has 0 spiro atoms. The fourth-order valence-electron chi connectivity index (χ4n) is 3.65. The molecule has 3 heterocycles. The Morgan fingerprint density at radius 3 is 2.77 bits per heavy atom. The van der Waals surface area contributed by atoms with Crippen molar-refractivity contribution in [1.29, 1.82) is 0 Å². The minimum absolute atomic E-state index is 0.183. The van der Waals surface area contributed by atoms with Crippen molar-refractivity contribution in [2.75, 3.05) is 0 Å². The Bertz CT molecular complexity index is 1350. The van der Waals surface area contributed by atoms with Crippen molar-refractivity contribution in [3.8, 4) is 11.5 Å². The van der Waals surface area contributed by atoms with Crippen LogP contribution >= 0.6 is 11.3 Å². The van der Waals surface area contributed by atoms with Crippen LogP contribution < -0.4 is 9.47 Å². The predicted molar refractivity (Wildman–Crippen MR) is 116 cm³/mol. The number of aryl methyl sites for hydroxylation is 1. The van der Waals surface area contributed by atoms with Gasteiger partial charge in [0.1, 0.15) is 16.4 Å². The lowest BCUT2D eigenvalue weighted by Gasteiger charge is -2.09. The third kappa shape index (κ3) is 2.93. The summed E-state index contributed by atoms with van der Waals surface area (Å²) in [5.74, 6) is 0.460. The van der Waals surface area contributed by atoms with Crippen LogP contribution in [0.15, 0.2) is 65.9 Å². The van der Waals surface area contributed by atoms with E-state index in [-0.39, 0.29) is 11.5 Å². The monoisotopic (exact) mass is 415 g/mol. The summed E-state index contributed by atoms with van der Waals surface area (Å²) in [6, 6.07) is 14.8. The summed E-state index contributed by atoms with van der Waals surface area (Å²) in [6.07, 6.45) is 3.74. The minimum Gasteiger partial charge on any atom is -0.452 e. The van der Waals surface area contributed by atoms with Gasteiger partial charge in [0.05, 0.1) is 5.56 Å². The SMILES string of the molecule is Cc1c(OC(=O)c2cccs2)ccc2c1O/C(=C/c1cn(C)c3ccccc13)C2=O. The molecular weight excluding hydrogens is 398 g/mol. The van der Waals surface area contributed by atoms with E-state index in [1.807, 2.05) is 47.5 Å². The van der Waals surface area contributed by atoms with Crippen molar-refractivity contribution in [2.45, 2.75) is 6.92 Å². The highest BCUT2D eigenvalue weighted by Crippen LogP contribution is 2.40. The largest absolute Gasteiger partial charge is 0.452 e. The van der Waals surface area contributed by atoms with E-state index in [0.29, 0.717) is 27.5 Å². The average Bonchev–Trinajstić information content (AvgIpc) is 3.46. The molecule has 0 radical (unpaired) electrons. The number of nitrogens with zero attached hydrogens (tertiary/aromatic N) is 1. The molecule has 0 amide bonds. The fraction of sp³-hybridized carbons (Fsp3) is 0.0833. The number of hydrogen-bond acceptors (Lipinski definition) is 5. The fourth-order valence-corrected chi connectivity index (χ4v) is 4.25. The molecular formula is C24H17NO4S. The number of ether oxygens (including phenoxy) is 2. The van der Waals surface area contributed by atoms with Crippen molar-refractivity contribution in [1.82, 2.24) is 4.57 Å². The molecule has 0 atom stereocenters. The maximum absolute atomic E-state index is 12.9. The Kier molecular flexibility index (Phi) is 4.29. The third-order valence-electron chi connectivity index (χ3n) is 5.18. The molecule has 0 fully saturated rings. The third-order valence-corrected chi connectivity index (χ3v) is 6.03. The number of fused-ring (bicyclic) bond motifs is 2. The zero-order valence-corrected chi connectivity index (χ0v) is 17.2. The molecule has 2 aromatic heterocycles. The minimum atomic E-state index is -0.427. The van der Waals surface area contributed by atoms with Crippen LogP contribution in [0.1, 0.15) is 31.2 Å². The number of carbonyl (C=O) groups is 2. The molecule has 0 bridgehead atoms. The molecule has 0 saturated heterocycles. The molecule has 30 heavy (non-hydrogen) atoms. The van der Waals surface area contributed by atoms with Gasteiger partial charge in [-0.3, -0.25) is 4.79 Å². The number of benzene rings is 2. The van der Waals surface area contributed by atoms with Gasteiger partial charge >= 0.3 is 5.97 Å². The summed E-state index contributed by atoms with van der Waals surface area (Å²) in [6.45, 7) is 1.78. The number of ketones is 1. The molecule has 0 N–H and O–H groups in total. The van der Waals surface area contributed by atoms with Gasteiger partial charge in [0.2, 0.25) is 5.78 Å². The summed E-state index contributed by atoms with van der Waals surface area (Å²) < 4.78 is 13.5. The summed E-state index contributed by atoms with van der Waals surface area (Å²) in [5, 5.41) is 2.86. The van der Waals surface area contributed by atoms with Gasteiger partial charge in [-0.15, -0.1) is 11.3 Å². The van der Waals surface area contributed by atoms with Gasteiger partial charge in [-0.2, -0.15) is 0 Å². The Balaban J connectivity index is 1.49. The highest BCUT2D eigenvalue weighted by atomic mass is 32.1. The van der Waals surface area contributed by atoms with Crippen molar-refractivity contribution in [3.63, 3.8) is 0 Å². The molecule has 2 aromatic carbocycles. The first kappa shape index (κ1) is 18.4. The Morgan fingerprint density at radius 2 is 1.97 bits per heavy atom. The summed E-state index contributed by atoms with van der Waals surface area (Å²) in [7, 11) is 1.97. The van der Waals surface area contributed by atoms with Crippen LogP contribution in [0.3, 0.4) is 0 Å². The maximum atomic E-state index is 12.9. The molecule has 5 rings (SSSR count). The second-order valence-electron chi connectivity index (χ2n) is 7.08. The quantitative estimate of drug-likeness (QED) is 0.256. The van der Waals surface area contributed by atoms with Gasteiger partial charge in [-0.05, 0) is 42.6 Å². The van der Waals surface area contributed by atoms with E-state index in [4.69, 9.17) is 9.47 Å². The lowest BCUT2D eigenvalue weighted by molar-refractivity contribution is 0.0738. The van der Waals surface area contributed by atoms with Crippen molar-refractivity contribution < 1.29 is 19.1 Å². The van der Waals surface area contributed by atoms with Crippen LogP contribution in [0.5, 0.6) is 11.5 Å². The van der Waals surface area contributed by atoms with Gasteiger partial charge in [-0.25, -0.2) is 4.79 Å². The van der Waals surface area contributed by atoms with Crippen LogP contribution in [0.2, 0.25) is 0 Å². The molecule has 0 unspecified atom stereocenters. The van der Waals surface area contributed by atoms with Gasteiger partial charge in [0, 0.05) is 35.3 Å². The Labute approximate surface area is 176 Å². The molecule has 0 saturated carbocycles. The number of esters is 1. The smallest absolute Gasteiger partial charge is 0.353 e. The molecule has 0 aliphatic carbocycles. The standard InChI is InChI=1S/C24H17NO4S/c1-14-19(29-24(27)21-8-5-11-30-21)10-9-17-22(26)20(28-23(14)17)12-15-13-25(2)18-7-4-3-6-16(15)18/h3-13H,1-2H3/b20-12+. The number of Topliss-reactive ketones (excluding diaryl/α,β-unsaturated/α-hetero) is 1. The van der Waals surface area contributed by atoms with E-state index in [2.05, 4.69) is 0 Å². The molecule has 6 heteroatoms. The molecule has 4 aromatic rings. The first-order valence-corrected chi connectivity index (χ1v) is 10.3. The molecule has 148 valence electrons. The number of aromatic nitrogens is 1. The first-order chi connectivity index (χ1) is 14.5. The van der Waals surface area contributed by atoms with E-state index < -0.39 is 5.97 Å². The zero-order chi connectivity index (χ0) is 20.8. The van der Waals surface area contributed by atoms with Crippen molar-refractivity contribution >= 4 is 40.1 Å². The number of rotatable bonds is 3. The Hall–Kier alpha value is -3.64. The number of para-hydroxylation sites is 1. The number of thiophene rings is 1. The van der Waals surface area contributed by atoms with Gasteiger partial charge in [0.25, 0.3) is 0 Å². The lowest BCUT2D eigenvalue weighted by atomic mass is 10.1. The summed E-state index contributed by atoms with van der Waals surface area (Å²) >= 11 is 1.32. The van der Waals surface area contributed by atoms with Gasteiger partial charge in [-0.1, -0.05) is 24.3 Å². The van der Waals surface area contributed by atoms with E-state index >= 15 is 0 Å². The zero-order valence-electron chi connectivity index (χ0n) is 16.3. The van der Waals surface area contributed by atoms with E-state index in [1.165, 1.54) is 11.3 Å². The Morgan fingerprint density at radius 1 is 1.13 bits per heavy atom. The van der Waals surface area contributed by atoms with Crippen molar-refractivity contribution in [2.24, 2.45) is 7.05 Å². The van der Waals surface area contributed by atoms with E-state index in [9.17, 15) is 9.59 Å². The van der Waals surface area contributed by atoms with Gasteiger partial charge in [0.15, 0.2) is 5.76 Å². The maximum Gasteiger partial charge on any atom is 0.353 e. The number of allylic oxidation sites excluding steroid dienone is 1. The predicted octanol–water partition coefficient (Wildman–Crippen LogP) is 5.38. The first-order valence-electron chi connectivity index (χ1n) is 9.40. The van der Waals surface area contributed by atoms with Gasteiger partial charge < -0.3 is 14.0 Å². The second kappa shape index (κ2) is 7.00. The number of carbonyl (C=O) groups excluding carboxylic acids is 2. The van der Waals surface area contributed by atoms with Crippen LogP contribution in [-0.2, 0) is 7.05 Å². The molecule has 1 aliphatic rings. The van der Waals surface area contributed by atoms with Crippen LogP contribution in [0, 0.1) is 6.92 Å². The van der Waals surface area contributed by atoms with Crippen LogP contribution in [-0.4, -0.2) is 16.3 Å². The average molecular weight is 415 g/mol. The molecule has 5 nitrogen and oxygen atoms in total. The number of hydrogen-bond donors (Lipinski definition) is 0. The summed E-state index contributed by atoms with van der Waals surface area (Å²) in [5.41, 5.74) is 3.07. The van der Waals surface area contributed by atoms with Crippen LogP contribution in [0.4, 0.5) is 0 Å². The van der Waals surface area contributed by atoms with Crippen LogP contribution in [0.25, 0.3) is 17.0 Å². The topological polar surface area (TPSA) is 57.5 Å². The van der Waals surface area contributed by atoms with Crippen molar-refractivity contribution in [3.05, 3.63) is 87.4 Å². The van der Waals surface area contributed by atoms with E-state index in [1.54, 1.807) is 37.3 Å². The molecule has 1 aliphatic heterocycles. The summed E-state index contributed by atoms with van der Waals surface area (Å²) in [4.78, 5) is 25.7. The lowest BCUT2D eigenvalue weighted by Crippen LogP contribution is -2.07. The normalized spacial score (nSPS) is 14.2. The highest BCUT2D eigenvalue weighted by Gasteiger charge is 2.31. The van der Waals surface area contributed by atoms with E-state index in [0.717, 1.165) is 16.5 Å². The highest BCUT2D eigenvalue weighted by molar-refractivity contribution is 7.12. The second-order valence-corrected chi connectivity index (χ2v) is 8.03.